The molecule has 0 aromatic heterocycles. The first kappa shape index (κ1) is 18.9. The zero-order chi connectivity index (χ0) is 18.5. The Morgan fingerprint density at radius 2 is 2.04 bits per heavy atom. The maximum Gasteiger partial charge on any atom is 0.416 e. The number of nitrogens with zero attached hydrogens (tertiary/aromatic N) is 1. The van der Waals surface area contributed by atoms with Gasteiger partial charge in [-0.05, 0) is 30.7 Å². The van der Waals surface area contributed by atoms with E-state index < -0.39 is 18.1 Å². The number of hydrogen-bond acceptors (Lipinski definition) is 4. The van der Waals surface area contributed by atoms with E-state index in [1.54, 1.807) is 0 Å². The summed E-state index contributed by atoms with van der Waals surface area (Å²) < 4.78 is 5.19. The quantitative estimate of drug-likeness (QED) is 0.732. The molecule has 1 N–H and O–H groups in total. The van der Waals surface area contributed by atoms with Gasteiger partial charge in [-0.15, -0.1) is 0 Å². The molecule has 2 fully saturated rings. The lowest BCUT2D eigenvalue weighted by Crippen LogP contribution is -2.46. The average molecular weight is 359 g/mol. The number of aliphatic hydroxyl groups is 1. The van der Waals surface area contributed by atoms with Crippen LogP contribution >= 0.6 is 0 Å². The first-order valence-corrected chi connectivity index (χ1v) is 9.82. The van der Waals surface area contributed by atoms with Crippen LogP contribution in [0.1, 0.15) is 51.0 Å². The molecule has 3 rings (SSSR count). The van der Waals surface area contributed by atoms with Gasteiger partial charge in [-0.1, -0.05) is 62.9 Å². The summed E-state index contributed by atoms with van der Waals surface area (Å²) in [5.74, 6) is -0.256. The molecule has 142 valence electrons. The predicted octanol–water partition coefficient (Wildman–Crippen LogP) is 3.54. The van der Waals surface area contributed by atoms with Crippen molar-refractivity contribution in [3.63, 3.8) is 0 Å². The molecular formula is C21H29NO4. The van der Waals surface area contributed by atoms with Crippen LogP contribution < -0.4 is 0 Å². The largest absolute Gasteiger partial charge is 0.447 e. The SMILES string of the molecule is CCCC[C@H](O)[C@@H](CC1CC1)C(=O)N1C(=O)OC[C@H]1Cc1ccccc1. The lowest BCUT2D eigenvalue weighted by Gasteiger charge is -2.28. The van der Waals surface area contributed by atoms with E-state index in [4.69, 9.17) is 4.74 Å². The Morgan fingerprint density at radius 1 is 1.31 bits per heavy atom. The number of aliphatic hydroxyl groups excluding tert-OH is 1. The molecule has 1 saturated heterocycles. The van der Waals surface area contributed by atoms with E-state index in [-0.39, 0.29) is 18.6 Å². The molecule has 1 aromatic carbocycles. The molecular weight excluding hydrogens is 330 g/mol. The summed E-state index contributed by atoms with van der Waals surface area (Å²) >= 11 is 0. The Hall–Kier alpha value is -1.88. The molecule has 1 aliphatic heterocycles. The summed E-state index contributed by atoms with van der Waals surface area (Å²) in [5.41, 5.74) is 1.07. The van der Waals surface area contributed by atoms with Gasteiger partial charge in [0.05, 0.1) is 18.1 Å². The zero-order valence-corrected chi connectivity index (χ0v) is 15.5. The standard InChI is InChI=1S/C21H29NO4/c1-2-3-9-19(23)18(13-16-10-11-16)20(24)22-17(14-26-21(22)25)12-15-7-5-4-6-8-15/h4-8,16-19,23H,2-3,9-14H2,1H3/t17-,18-,19+/m1/s1. The van der Waals surface area contributed by atoms with E-state index in [9.17, 15) is 14.7 Å². The highest BCUT2D eigenvalue weighted by molar-refractivity contribution is 5.95. The van der Waals surface area contributed by atoms with Crippen molar-refractivity contribution in [3.05, 3.63) is 35.9 Å². The number of ether oxygens (including phenoxy) is 1. The fraction of sp³-hybridized carbons (Fsp3) is 0.619. The number of unbranched alkanes of at least 4 members (excludes halogenated alkanes) is 1. The van der Waals surface area contributed by atoms with E-state index in [0.29, 0.717) is 25.2 Å². The number of hydrogen-bond donors (Lipinski definition) is 1. The van der Waals surface area contributed by atoms with Gasteiger partial charge in [0.2, 0.25) is 5.91 Å². The third-order valence-electron chi connectivity index (χ3n) is 5.43. The second-order valence-electron chi connectivity index (χ2n) is 7.62. The van der Waals surface area contributed by atoms with Gasteiger partial charge in [0.15, 0.2) is 0 Å². The Kier molecular flexibility index (Phi) is 6.30. The van der Waals surface area contributed by atoms with E-state index in [1.807, 2.05) is 30.3 Å². The number of cyclic esters (lactones) is 1. The lowest BCUT2D eigenvalue weighted by atomic mass is 9.90. The summed E-state index contributed by atoms with van der Waals surface area (Å²) in [5, 5.41) is 10.6. The minimum absolute atomic E-state index is 0.223. The normalized spacial score (nSPS) is 22.2. The highest BCUT2D eigenvalue weighted by atomic mass is 16.6. The molecule has 0 unspecified atom stereocenters. The maximum absolute atomic E-state index is 13.2. The lowest BCUT2D eigenvalue weighted by molar-refractivity contribution is -0.138. The van der Waals surface area contributed by atoms with Crippen LogP contribution in [0.2, 0.25) is 0 Å². The Bertz CT molecular complexity index is 614. The van der Waals surface area contributed by atoms with Crippen LogP contribution in [-0.2, 0) is 16.0 Å². The van der Waals surface area contributed by atoms with Crippen molar-refractivity contribution in [2.45, 2.75) is 64.0 Å². The zero-order valence-electron chi connectivity index (χ0n) is 15.5. The second-order valence-corrected chi connectivity index (χ2v) is 7.62. The van der Waals surface area contributed by atoms with E-state index in [0.717, 1.165) is 31.2 Å². The predicted molar refractivity (Wildman–Crippen MR) is 98.5 cm³/mol. The topological polar surface area (TPSA) is 66.8 Å². The molecule has 0 radical (unpaired) electrons. The van der Waals surface area contributed by atoms with Crippen molar-refractivity contribution in [2.75, 3.05) is 6.61 Å². The smallest absolute Gasteiger partial charge is 0.416 e. The van der Waals surface area contributed by atoms with Gasteiger partial charge in [-0.25, -0.2) is 9.69 Å². The summed E-state index contributed by atoms with van der Waals surface area (Å²) in [7, 11) is 0. The first-order chi connectivity index (χ1) is 12.6. The molecule has 5 heteroatoms. The van der Waals surface area contributed by atoms with Gasteiger partial charge in [-0.3, -0.25) is 4.79 Å². The van der Waals surface area contributed by atoms with Crippen LogP contribution in [0.5, 0.6) is 0 Å². The molecule has 1 aliphatic carbocycles. The number of carbonyl (C=O) groups is 2. The molecule has 1 heterocycles. The average Bonchev–Trinajstić information content (AvgIpc) is 3.40. The van der Waals surface area contributed by atoms with E-state index in [1.165, 1.54) is 4.90 Å². The van der Waals surface area contributed by atoms with Crippen molar-refractivity contribution in [3.8, 4) is 0 Å². The number of benzene rings is 1. The third-order valence-corrected chi connectivity index (χ3v) is 5.43. The summed E-state index contributed by atoms with van der Waals surface area (Å²) in [6, 6.07) is 9.52. The van der Waals surface area contributed by atoms with Crippen LogP contribution in [0.4, 0.5) is 4.79 Å². The van der Waals surface area contributed by atoms with E-state index in [2.05, 4.69) is 6.92 Å². The molecule has 26 heavy (non-hydrogen) atoms. The summed E-state index contributed by atoms with van der Waals surface area (Å²) in [6.45, 7) is 2.29. The van der Waals surface area contributed by atoms with Crippen molar-refractivity contribution in [1.29, 1.82) is 0 Å². The van der Waals surface area contributed by atoms with Crippen LogP contribution in [0.3, 0.4) is 0 Å². The molecule has 1 saturated carbocycles. The minimum atomic E-state index is -0.686. The van der Waals surface area contributed by atoms with Crippen LogP contribution in [-0.4, -0.2) is 40.8 Å². The van der Waals surface area contributed by atoms with Crippen LogP contribution in [0, 0.1) is 11.8 Å². The van der Waals surface area contributed by atoms with Gasteiger partial charge in [-0.2, -0.15) is 0 Å². The van der Waals surface area contributed by atoms with Crippen molar-refractivity contribution in [1.82, 2.24) is 4.90 Å². The minimum Gasteiger partial charge on any atom is -0.447 e. The van der Waals surface area contributed by atoms with Gasteiger partial charge in [0.25, 0.3) is 0 Å². The van der Waals surface area contributed by atoms with Gasteiger partial charge >= 0.3 is 6.09 Å². The Balaban J connectivity index is 1.72. The molecule has 0 spiro atoms. The van der Waals surface area contributed by atoms with Crippen LogP contribution in [0.15, 0.2) is 30.3 Å². The molecule has 0 bridgehead atoms. The Labute approximate surface area is 155 Å². The molecule has 2 amide bonds. The van der Waals surface area contributed by atoms with Gasteiger partial charge < -0.3 is 9.84 Å². The highest BCUT2D eigenvalue weighted by Gasteiger charge is 2.44. The monoisotopic (exact) mass is 359 g/mol. The van der Waals surface area contributed by atoms with Gasteiger partial charge in [0, 0.05) is 0 Å². The molecule has 1 aromatic rings. The van der Waals surface area contributed by atoms with Crippen LogP contribution in [0.25, 0.3) is 0 Å². The fourth-order valence-electron chi connectivity index (χ4n) is 3.70. The Morgan fingerprint density at radius 3 is 2.69 bits per heavy atom. The summed E-state index contributed by atoms with van der Waals surface area (Å²) in [6.07, 6.45) is 4.69. The maximum atomic E-state index is 13.2. The molecule has 5 nitrogen and oxygen atoms in total. The number of imide groups is 1. The summed E-state index contributed by atoms with van der Waals surface area (Å²) in [4.78, 5) is 26.7. The van der Waals surface area contributed by atoms with E-state index >= 15 is 0 Å². The fourth-order valence-corrected chi connectivity index (χ4v) is 3.70. The van der Waals surface area contributed by atoms with Crippen molar-refractivity contribution >= 4 is 12.0 Å². The third kappa shape index (κ3) is 4.64. The number of carbonyl (C=O) groups excluding carboxylic acids is 2. The molecule has 3 atom stereocenters. The molecule has 2 aliphatic rings. The number of rotatable bonds is 9. The highest BCUT2D eigenvalue weighted by Crippen LogP contribution is 2.38. The second kappa shape index (κ2) is 8.67. The van der Waals surface area contributed by atoms with Crippen molar-refractivity contribution in [2.24, 2.45) is 11.8 Å². The first-order valence-electron chi connectivity index (χ1n) is 9.82. The van der Waals surface area contributed by atoms with Gasteiger partial charge in [0.1, 0.15) is 6.61 Å². The number of amides is 2. The van der Waals surface area contributed by atoms with Crippen molar-refractivity contribution < 1.29 is 19.4 Å².